The second kappa shape index (κ2) is 7.36. The van der Waals surface area contributed by atoms with Crippen LogP contribution >= 0.6 is 0 Å². The lowest BCUT2D eigenvalue weighted by Gasteiger charge is -2.04. The highest BCUT2D eigenvalue weighted by molar-refractivity contribution is 5.52. The minimum atomic E-state index is -0.144. The van der Waals surface area contributed by atoms with Crippen molar-refractivity contribution in [1.82, 2.24) is 4.90 Å². The summed E-state index contributed by atoms with van der Waals surface area (Å²) in [5, 5.41) is 3.54. The molecule has 0 saturated heterocycles. The Morgan fingerprint density at radius 2 is 2.08 bits per heavy atom. The Bertz CT molecular complexity index is 197. The van der Waals surface area contributed by atoms with Gasteiger partial charge in [-0.2, -0.15) is 0 Å². The molecule has 0 bridgehead atoms. The lowest BCUT2D eigenvalue weighted by Crippen LogP contribution is -2.14. The number of nitrogens with zero attached hydrogens (tertiary/aromatic N) is 2. The van der Waals surface area contributed by atoms with E-state index in [9.17, 15) is 0 Å². The van der Waals surface area contributed by atoms with Gasteiger partial charge >= 0.3 is 0 Å². The van der Waals surface area contributed by atoms with Crippen LogP contribution in [0.3, 0.4) is 0 Å². The molecule has 0 aliphatic heterocycles. The fourth-order valence-electron chi connectivity index (χ4n) is 0.558. The molecule has 0 heterocycles. The molecule has 0 aliphatic rings. The molecule has 0 rings (SSSR count). The zero-order valence-corrected chi connectivity index (χ0v) is 8.34. The van der Waals surface area contributed by atoms with Crippen molar-refractivity contribution >= 4 is 6.21 Å². The first-order chi connectivity index (χ1) is 6.16. The van der Waals surface area contributed by atoms with Gasteiger partial charge in [0.15, 0.2) is 0 Å². The molecule has 0 radical (unpaired) electrons. The maximum absolute atomic E-state index is 5.67. The van der Waals surface area contributed by atoms with Crippen molar-refractivity contribution in [2.75, 3.05) is 14.1 Å². The second-order valence-corrected chi connectivity index (χ2v) is 2.68. The highest BCUT2D eigenvalue weighted by Crippen LogP contribution is 1.88. The molecule has 0 aliphatic carbocycles. The Morgan fingerprint density at radius 3 is 2.62 bits per heavy atom. The van der Waals surface area contributed by atoms with Gasteiger partial charge in [0, 0.05) is 26.4 Å². The molecule has 4 heteroatoms. The summed E-state index contributed by atoms with van der Waals surface area (Å²) in [4.78, 5) is 6.64. The van der Waals surface area contributed by atoms with Crippen LogP contribution in [0.5, 0.6) is 0 Å². The van der Waals surface area contributed by atoms with Crippen LogP contribution in [-0.4, -0.2) is 31.3 Å². The highest BCUT2D eigenvalue weighted by Gasteiger charge is 1.88. The van der Waals surface area contributed by atoms with E-state index < -0.39 is 0 Å². The zero-order valence-electron chi connectivity index (χ0n) is 8.34. The fraction of sp³-hybridized carbons (Fsp3) is 0.444. The third kappa shape index (κ3) is 8.62. The van der Waals surface area contributed by atoms with Crippen molar-refractivity contribution in [3.8, 4) is 0 Å². The van der Waals surface area contributed by atoms with Crippen LogP contribution in [0.1, 0.15) is 6.92 Å². The maximum atomic E-state index is 5.67. The van der Waals surface area contributed by atoms with Gasteiger partial charge in [-0.05, 0) is 25.3 Å². The third-order valence-electron chi connectivity index (χ3n) is 1.13. The van der Waals surface area contributed by atoms with Crippen LogP contribution in [0.15, 0.2) is 29.8 Å². The highest BCUT2D eigenvalue weighted by atomic mass is 16.6. The van der Waals surface area contributed by atoms with Gasteiger partial charge in [0.25, 0.3) is 0 Å². The van der Waals surface area contributed by atoms with Crippen LogP contribution in [-0.2, 0) is 4.84 Å². The number of hydrogen-bond acceptors (Lipinski definition) is 4. The van der Waals surface area contributed by atoms with E-state index in [4.69, 9.17) is 10.6 Å². The first-order valence-corrected chi connectivity index (χ1v) is 4.07. The van der Waals surface area contributed by atoms with Crippen LogP contribution in [0.25, 0.3) is 0 Å². The summed E-state index contributed by atoms with van der Waals surface area (Å²) in [7, 11) is 3.87. The predicted octanol–water partition coefficient (Wildman–Crippen LogP) is 0.925. The first kappa shape index (κ1) is 11.7. The average Bonchev–Trinajstić information content (AvgIpc) is 2.09. The molecule has 0 aromatic carbocycles. The van der Waals surface area contributed by atoms with Crippen molar-refractivity contribution in [2.45, 2.75) is 13.0 Å². The number of nitrogens with two attached hydrogens (primary N) is 1. The summed E-state index contributed by atoms with van der Waals surface area (Å²) in [6.45, 7) is 1.78. The molecule has 13 heavy (non-hydrogen) atoms. The van der Waals surface area contributed by atoms with E-state index in [-0.39, 0.29) is 6.04 Å². The monoisotopic (exact) mass is 183 g/mol. The van der Waals surface area contributed by atoms with E-state index in [1.807, 2.05) is 31.3 Å². The molecule has 4 nitrogen and oxygen atoms in total. The van der Waals surface area contributed by atoms with Crippen LogP contribution < -0.4 is 5.73 Å². The molecule has 0 aromatic heterocycles. The number of hydrogen-bond donors (Lipinski definition) is 1. The number of rotatable bonds is 5. The molecule has 1 atom stereocenters. The van der Waals surface area contributed by atoms with Gasteiger partial charge < -0.3 is 15.5 Å². The molecule has 74 valence electrons. The molecule has 0 fully saturated rings. The first-order valence-electron chi connectivity index (χ1n) is 4.07. The van der Waals surface area contributed by atoms with Crippen molar-refractivity contribution in [1.29, 1.82) is 0 Å². The summed E-state index contributed by atoms with van der Waals surface area (Å²) in [5.74, 6) is 0. The summed E-state index contributed by atoms with van der Waals surface area (Å²) in [6, 6.07) is -0.144. The molecular weight excluding hydrogens is 166 g/mol. The van der Waals surface area contributed by atoms with Crippen molar-refractivity contribution in [2.24, 2.45) is 10.9 Å². The lowest BCUT2D eigenvalue weighted by molar-refractivity contribution is 0.269. The van der Waals surface area contributed by atoms with E-state index >= 15 is 0 Å². The number of oxime groups is 1. The predicted molar refractivity (Wildman–Crippen MR) is 55.2 cm³/mol. The fourth-order valence-corrected chi connectivity index (χ4v) is 0.558. The summed E-state index contributed by atoms with van der Waals surface area (Å²) < 4.78 is 0. The van der Waals surface area contributed by atoms with E-state index in [1.165, 1.54) is 6.26 Å². The Hall–Kier alpha value is -1.29. The Balaban J connectivity index is 3.72. The van der Waals surface area contributed by atoms with Gasteiger partial charge in [0.2, 0.25) is 0 Å². The zero-order chi connectivity index (χ0) is 10.1. The van der Waals surface area contributed by atoms with Crippen molar-refractivity contribution in [3.05, 3.63) is 24.6 Å². The SMILES string of the molecule is C/C=N/O/C=C/C(N)/C=C/N(C)C. The van der Waals surface area contributed by atoms with Gasteiger partial charge in [-0.15, -0.1) is 0 Å². The molecule has 1 unspecified atom stereocenters. The molecule has 0 amide bonds. The van der Waals surface area contributed by atoms with Gasteiger partial charge in [-0.1, -0.05) is 5.16 Å². The minimum absolute atomic E-state index is 0.144. The van der Waals surface area contributed by atoms with E-state index in [0.717, 1.165) is 0 Å². The molecule has 0 spiro atoms. The van der Waals surface area contributed by atoms with Crippen LogP contribution in [0, 0.1) is 0 Å². The van der Waals surface area contributed by atoms with Crippen molar-refractivity contribution < 1.29 is 4.84 Å². The van der Waals surface area contributed by atoms with E-state index in [2.05, 4.69) is 5.16 Å². The van der Waals surface area contributed by atoms with Gasteiger partial charge in [-0.3, -0.25) is 0 Å². The standard InChI is InChI=1S/C9H17N3O/c1-4-11-13-8-6-9(10)5-7-12(2)3/h4-9H,10H2,1-3H3/b7-5+,8-6+,11-4+. The lowest BCUT2D eigenvalue weighted by atomic mass is 10.3. The quantitative estimate of drug-likeness (QED) is 0.392. The van der Waals surface area contributed by atoms with E-state index in [1.54, 1.807) is 19.2 Å². The summed E-state index contributed by atoms with van der Waals surface area (Å²) in [5.41, 5.74) is 5.67. The summed E-state index contributed by atoms with van der Waals surface area (Å²) in [6.07, 6.45) is 8.48. The van der Waals surface area contributed by atoms with Gasteiger partial charge in [0.05, 0.1) is 0 Å². The Kier molecular flexibility index (Phi) is 6.63. The van der Waals surface area contributed by atoms with Crippen LogP contribution in [0.2, 0.25) is 0 Å². The maximum Gasteiger partial charge on any atom is 0.120 e. The minimum Gasteiger partial charge on any atom is -0.384 e. The Morgan fingerprint density at radius 1 is 1.38 bits per heavy atom. The topological polar surface area (TPSA) is 50.9 Å². The third-order valence-corrected chi connectivity index (χ3v) is 1.13. The summed E-state index contributed by atoms with van der Waals surface area (Å²) >= 11 is 0. The molecule has 0 saturated carbocycles. The van der Waals surface area contributed by atoms with Crippen LogP contribution in [0.4, 0.5) is 0 Å². The molecular formula is C9H17N3O. The van der Waals surface area contributed by atoms with E-state index in [0.29, 0.717) is 0 Å². The van der Waals surface area contributed by atoms with Crippen molar-refractivity contribution in [3.63, 3.8) is 0 Å². The average molecular weight is 183 g/mol. The van der Waals surface area contributed by atoms with Gasteiger partial charge in [0.1, 0.15) is 6.26 Å². The smallest absolute Gasteiger partial charge is 0.120 e. The molecule has 2 N–H and O–H groups in total. The normalized spacial score (nSPS) is 14.5. The molecule has 0 aromatic rings. The van der Waals surface area contributed by atoms with Gasteiger partial charge in [-0.25, -0.2) is 0 Å². The second-order valence-electron chi connectivity index (χ2n) is 2.68. The Labute approximate surface area is 79.3 Å². The largest absolute Gasteiger partial charge is 0.384 e.